The zero-order chi connectivity index (χ0) is 19.4. The summed E-state index contributed by atoms with van der Waals surface area (Å²) in [6.07, 6.45) is 6.31. The molecule has 0 N–H and O–H groups in total. The van der Waals surface area contributed by atoms with Gasteiger partial charge in [0.2, 0.25) is 0 Å². The van der Waals surface area contributed by atoms with Crippen LogP contribution in [0.2, 0.25) is 0 Å². The zero-order valence-electron chi connectivity index (χ0n) is 16.2. The molecule has 1 unspecified atom stereocenters. The second-order valence-corrected chi connectivity index (χ2v) is 7.92. The van der Waals surface area contributed by atoms with Crippen LogP contribution in [0.5, 0.6) is 0 Å². The zero-order valence-corrected chi connectivity index (χ0v) is 16.2. The molecule has 1 atom stereocenters. The van der Waals surface area contributed by atoms with Crippen LogP contribution in [0.3, 0.4) is 0 Å². The molecule has 1 aliphatic rings. The molecule has 0 radical (unpaired) electrons. The third-order valence-corrected chi connectivity index (χ3v) is 6.10. The van der Waals surface area contributed by atoms with Gasteiger partial charge in [0.1, 0.15) is 5.76 Å². The van der Waals surface area contributed by atoms with Crippen molar-refractivity contribution in [3.05, 3.63) is 113 Å². The number of benzene rings is 4. The van der Waals surface area contributed by atoms with Crippen molar-refractivity contribution in [1.29, 1.82) is 0 Å². The topological polar surface area (TPSA) is 13.1 Å². The maximum Gasteiger partial charge on any atom is 0.136 e. The van der Waals surface area contributed by atoms with Crippen molar-refractivity contribution in [3.63, 3.8) is 0 Å². The van der Waals surface area contributed by atoms with E-state index < -0.39 is 0 Å². The summed E-state index contributed by atoms with van der Waals surface area (Å²) in [4.78, 5) is 0. The van der Waals surface area contributed by atoms with Gasteiger partial charge in [-0.3, -0.25) is 0 Å². The SMILES string of the molecule is Cc1ccoc1-c1ccc2cc3ccc(C4C=Cc5ccccc54)cc3cc2c1. The molecule has 0 aliphatic heterocycles. The Morgan fingerprint density at radius 1 is 0.724 bits per heavy atom. The summed E-state index contributed by atoms with van der Waals surface area (Å²) >= 11 is 0. The molecule has 0 amide bonds. The minimum atomic E-state index is 0.336. The van der Waals surface area contributed by atoms with E-state index in [-0.39, 0.29) is 0 Å². The summed E-state index contributed by atoms with van der Waals surface area (Å²) in [7, 11) is 0. The molecule has 0 saturated carbocycles. The van der Waals surface area contributed by atoms with Crippen molar-refractivity contribution in [2.75, 3.05) is 0 Å². The molecule has 1 heterocycles. The highest BCUT2D eigenvalue weighted by Crippen LogP contribution is 2.37. The minimum absolute atomic E-state index is 0.336. The van der Waals surface area contributed by atoms with Gasteiger partial charge in [0.15, 0.2) is 0 Å². The molecule has 1 heteroatoms. The van der Waals surface area contributed by atoms with Crippen LogP contribution in [-0.2, 0) is 0 Å². The molecule has 0 fully saturated rings. The summed E-state index contributed by atoms with van der Waals surface area (Å²) in [5, 5.41) is 5.05. The summed E-state index contributed by atoms with van der Waals surface area (Å²) in [6.45, 7) is 2.09. The van der Waals surface area contributed by atoms with Gasteiger partial charge in [-0.2, -0.15) is 0 Å². The third-order valence-electron chi connectivity index (χ3n) is 6.10. The summed E-state index contributed by atoms with van der Waals surface area (Å²) in [5.41, 5.74) is 6.36. The summed E-state index contributed by atoms with van der Waals surface area (Å²) in [6, 6.07) is 28.7. The lowest BCUT2D eigenvalue weighted by molar-refractivity contribution is 0.581. The first-order chi connectivity index (χ1) is 14.3. The second-order valence-electron chi connectivity index (χ2n) is 7.92. The van der Waals surface area contributed by atoms with Gasteiger partial charge in [-0.1, -0.05) is 66.7 Å². The Labute approximate surface area is 169 Å². The maximum absolute atomic E-state index is 5.70. The molecule has 5 aromatic rings. The smallest absolute Gasteiger partial charge is 0.136 e. The number of hydrogen-bond donors (Lipinski definition) is 0. The molecule has 1 aromatic heterocycles. The Hall–Kier alpha value is -3.58. The van der Waals surface area contributed by atoms with Gasteiger partial charge in [0, 0.05) is 11.5 Å². The molecular formula is C28H20O. The molecule has 0 bridgehead atoms. The predicted octanol–water partition coefficient (Wildman–Crippen LogP) is 7.72. The van der Waals surface area contributed by atoms with E-state index in [9.17, 15) is 0 Å². The van der Waals surface area contributed by atoms with Gasteiger partial charge >= 0.3 is 0 Å². The Morgan fingerprint density at radius 3 is 2.38 bits per heavy atom. The van der Waals surface area contributed by atoms with Crippen LogP contribution >= 0.6 is 0 Å². The van der Waals surface area contributed by atoms with E-state index in [4.69, 9.17) is 4.42 Å². The molecule has 4 aromatic carbocycles. The monoisotopic (exact) mass is 372 g/mol. The van der Waals surface area contributed by atoms with E-state index in [2.05, 4.69) is 91.9 Å². The number of furan rings is 1. The Bertz CT molecular complexity index is 1420. The van der Waals surface area contributed by atoms with E-state index in [0.717, 1.165) is 11.3 Å². The second kappa shape index (κ2) is 6.22. The van der Waals surface area contributed by atoms with E-state index in [0.29, 0.717) is 5.92 Å². The molecule has 6 rings (SSSR count). The highest BCUT2D eigenvalue weighted by Gasteiger charge is 2.18. The maximum atomic E-state index is 5.70. The number of aryl methyl sites for hydroxylation is 1. The van der Waals surface area contributed by atoms with Gasteiger partial charge < -0.3 is 4.42 Å². The average Bonchev–Trinajstić information content (AvgIpc) is 3.37. The Balaban J connectivity index is 1.48. The Morgan fingerprint density at radius 2 is 1.52 bits per heavy atom. The summed E-state index contributed by atoms with van der Waals surface area (Å²) < 4.78 is 5.70. The van der Waals surface area contributed by atoms with E-state index in [1.807, 2.05) is 6.07 Å². The number of allylic oxidation sites excluding steroid dienone is 1. The lowest BCUT2D eigenvalue weighted by atomic mass is 9.91. The van der Waals surface area contributed by atoms with Gasteiger partial charge in [0.25, 0.3) is 0 Å². The van der Waals surface area contributed by atoms with Crippen molar-refractivity contribution >= 4 is 27.6 Å². The average molecular weight is 372 g/mol. The Kier molecular flexibility index (Phi) is 3.51. The fraction of sp³-hybridized carbons (Fsp3) is 0.0714. The number of hydrogen-bond acceptors (Lipinski definition) is 1. The van der Waals surface area contributed by atoms with Crippen LogP contribution in [-0.4, -0.2) is 0 Å². The van der Waals surface area contributed by atoms with Gasteiger partial charge in [-0.05, 0) is 75.0 Å². The molecule has 0 spiro atoms. The number of fused-ring (bicyclic) bond motifs is 3. The fourth-order valence-electron chi connectivity index (χ4n) is 4.56. The molecule has 0 saturated heterocycles. The molecule has 1 aliphatic carbocycles. The third kappa shape index (κ3) is 2.62. The quantitative estimate of drug-likeness (QED) is 0.289. The van der Waals surface area contributed by atoms with Crippen molar-refractivity contribution in [1.82, 2.24) is 0 Å². The van der Waals surface area contributed by atoms with Crippen LogP contribution in [0.25, 0.3) is 38.9 Å². The van der Waals surface area contributed by atoms with E-state index in [1.54, 1.807) is 6.26 Å². The predicted molar refractivity (Wildman–Crippen MR) is 121 cm³/mol. The van der Waals surface area contributed by atoms with Crippen LogP contribution in [0.4, 0.5) is 0 Å². The minimum Gasteiger partial charge on any atom is -0.464 e. The highest BCUT2D eigenvalue weighted by molar-refractivity contribution is 6.00. The van der Waals surface area contributed by atoms with Crippen molar-refractivity contribution < 1.29 is 4.42 Å². The van der Waals surface area contributed by atoms with Crippen LogP contribution in [0, 0.1) is 6.92 Å². The van der Waals surface area contributed by atoms with Gasteiger partial charge in [0.05, 0.1) is 6.26 Å². The van der Waals surface area contributed by atoms with Crippen molar-refractivity contribution in [2.24, 2.45) is 0 Å². The summed E-state index contributed by atoms with van der Waals surface area (Å²) in [5.74, 6) is 1.29. The van der Waals surface area contributed by atoms with Crippen LogP contribution in [0.1, 0.15) is 28.2 Å². The largest absolute Gasteiger partial charge is 0.464 e. The van der Waals surface area contributed by atoms with Crippen LogP contribution in [0.15, 0.2) is 95.6 Å². The van der Waals surface area contributed by atoms with Gasteiger partial charge in [-0.15, -0.1) is 0 Å². The standard InChI is InChI=1S/C28H20O/c1-18-12-13-29-28(18)23-9-7-21-14-20-6-8-22(15-24(20)17-25(21)16-23)27-11-10-19-4-2-3-5-26(19)27/h2-17,27H,1H3. The normalized spacial score (nSPS) is 15.3. The first kappa shape index (κ1) is 16.4. The number of rotatable bonds is 2. The lowest BCUT2D eigenvalue weighted by Gasteiger charge is -2.13. The van der Waals surface area contributed by atoms with Gasteiger partial charge in [-0.25, -0.2) is 0 Å². The molecule has 138 valence electrons. The first-order valence-electron chi connectivity index (χ1n) is 10.1. The van der Waals surface area contributed by atoms with Crippen molar-refractivity contribution in [2.45, 2.75) is 12.8 Å². The molecular weight excluding hydrogens is 352 g/mol. The molecule has 1 nitrogen and oxygen atoms in total. The van der Waals surface area contributed by atoms with Crippen molar-refractivity contribution in [3.8, 4) is 11.3 Å². The van der Waals surface area contributed by atoms with E-state index in [1.165, 1.54) is 43.8 Å². The van der Waals surface area contributed by atoms with E-state index >= 15 is 0 Å². The first-order valence-corrected chi connectivity index (χ1v) is 10.1. The highest BCUT2D eigenvalue weighted by atomic mass is 16.3. The van der Waals surface area contributed by atoms with Crippen LogP contribution < -0.4 is 0 Å². The molecule has 29 heavy (non-hydrogen) atoms. The fourth-order valence-corrected chi connectivity index (χ4v) is 4.56. The lowest BCUT2D eigenvalue weighted by Crippen LogP contribution is -1.95.